The van der Waals surface area contributed by atoms with Crippen molar-refractivity contribution in [2.24, 2.45) is 0 Å². The fraction of sp³-hybridized carbons (Fsp3) is 0.167. The van der Waals surface area contributed by atoms with Gasteiger partial charge in [0.25, 0.3) is 0 Å². The van der Waals surface area contributed by atoms with Crippen LogP contribution in [0.5, 0.6) is 5.75 Å². The third-order valence-corrected chi connectivity index (χ3v) is 3.84. The smallest absolute Gasteiger partial charge is 0.153 e. The molecule has 2 N–H and O–H groups in total. The largest absolute Gasteiger partial charge is 0.488 e. The summed E-state index contributed by atoms with van der Waals surface area (Å²) in [7, 11) is 0. The van der Waals surface area contributed by atoms with Crippen LogP contribution >= 0.6 is 23.2 Å². The van der Waals surface area contributed by atoms with Crippen molar-refractivity contribution < 1.29 is 4.74 Å². The number of fused-ring (bicyclic) bond motifs is 1. The summed E-state index contributed by atoms with van der Waals surface area (Å²) in [5.74, 6) is 0.653. The molecule has 118 valence electrons. The van der Waals surface area contributed by atoms with Crippen molar-refractivity contribution in [3.05, 3.63) is 52.6 Å². The highest BCUT2D eigenvalue weighted by Gasteiger charge is 2.14. The molecule has 2 aromatic carbocycles. The van der Waals surface area contributed by atoms with E-state index in [1.54, 1.807) is 12.3 Å². The Balaban J connectivity index is 2.27. The van der Waals surface area contributed by atoms with Crippen LogP contribution in [0.3, 0.4) is 0 Å². The number of nitrogens with two attached hydrogens (primary N) is 1. The molecule has 0 bridgehead atoms. The summed E-state index contributed by atoms with van der Waals surface area (Å²) in [6.45, 7) is 3.93. The molecule has 1 heterocycles. The van der Waals surface area contributed by atoms with Crippen molar-refractivity contribution in [1.82, 2.24) is 4.98 Å². The molecule has 0 amide bonds. The van der Waals surface area contributed by atoms with Crippen LogP contribution in [0, 0.1) is 0 Å². The number of nitrogen functional groups attached to an aromatic ring is 1. The zero-order chi connectivity index (χ0) is 16.6. The van der Waals surface area contributed by atoms with Crippen LogP contribution in [-0.4, -0.2) is 11.1 Å². The predicted octanol–water partition coefficient (Wildman–Crippen LogP) is 5.58. The Morgan fingerprint density at radius 2 is 1.78 bits per heavy atom. The lowest BCUT2D eigenvalue weighted by Crippen LogP contribution is -2.08. The van der Waals surface area contributed by atoms with E-state index in [1.807, 2.05) is 44.2 Å². The SMILES string of the molecule is CC(C)Oc1c(N)cnc2c(-c3cc(Cl)cc(Cl)c3)cccc12. The van der Waals surface area contributed by atoms with Crippen molar-refractivity contribution in [1.29, 1.82) is 0 Å². The maximum absolute atomic E-state index is 6.13. The van der Waals surface area contributed by atoms with Crippen molar-refractivity contribution in [3.63, 3.8) is 0 Å². The van der Waals surface area contributed by atoms with E-state index in [-0.39, 0.29) is 6.10 Å². The Hall–Kier alpha value is -1.97. The molecule has 0 fully saturated rings. The second-order valence-electron chi connectivity index (χ2n) is 5.57. The molecule has 1 aromatic heterocycles. The van der Waals surface area contributed by atoms with Gasteiger partial charge in [-0.05, 0) is 43.7 Å². The van der Waals surface area contributed by atoms with Gasteiger partial charge in [0, 0.05) is 21.0 Å². The van der Waals surface area contributed by atoms with E-state index in [0.717, 1.165) is 22.0 Å². The quantitative estimate of drug-likeness (QED) is 0.673. The summed E-state index contributed by atoms with van der Waals surface area (Å²) in [5.41, 5.74) is 9.20. The van der Waals surface area contributed by atoms with E-state index >= 15 is 0 Å². The van der Waals surface area contributed by atoms with Gasteiger partial charge in [-0.1, -0.05) is 35.3 Å². The molecule has 3 aromatic rings. The summed E-state index contributed by atoms with van der Waals surface area (Å²) in [6, 6.07) is 11.3. The molecule has 0 atom stereocenters. The lowest BCUT2D eigenvalue weighted by molar-refractivity contribution is 0.247. The first kappa shape index (κ1) is 15.9. The predicted molar refractivity (Wildman–Crippen MR) is 97.4 cm³/mol. The normalized spacial score (nSPS) is 11.2. The van der Waals surface area contributed by atoms with Gasteiger partial charge in [0.1, 0.15) is 0 Å². The van der Waals surface area contributed by atoms with Gasteiger partial charge in [-0.2, -0.15) is 0 Å². The number of hydrogen-bond donors (Lipinski definition) is 1. The van der Waals surface area contributed by atoms with Crippen molar-refractivity contribution in [2.45, 2.75) is 20.0 Å². The molecule has 0 saturated heterocycles. The Kier molecular flexibility index (Phi) is 4.33. The fourth-order valence-corrected chi connectivity index (χ4v) is 3.05. The van der Waals surface area contributed by atoms with E-state index < -0.39 is 0 Å². The highest BCUT2D eigenvalue weighted by molar-refractivity contribution is 6.35. The lowest BCUT2D eigenvalue weighted by Gasteiger charge is -2.16. The van der Waals surface area contributed by atoms with E-state index in [9.17, 15) is 0 Å². The number of benzene rings is 2. The Morgan fingerprint density at radius 3 is 2.43 bits per heavy atom. The van der Waals surface area contributed by atoms with Crippen LogP contribution in [0.1, 0.15) is 13.8 Å². The minimum atomic E-state index is 0.0205. The number of anilines is 1. The van der Waals surface area contributed by atoms with E-state index in [0.29, 0.717) is 21.5 Å². The lowest BCUT2D eigenvalue weighted by atomic mass is 10.0. The molecule has 0 aliphatic heterocycles. The molecule has 3 rings (SSSR count). The van der Waals surface area contributed by atoms with Crippen molar-refractivity contribution >= 4 is 39.8 Å². The average molecular weight is 347 g/mol. The van der Waals surface area contributed by atoms with Crippen molar-refractivity contribution in [2.75, 3.05) is 5.73 Å². The molecule has 3 nitrogen and oxygen atoms in total. The maximum atomic E-state index is 6.13. The molecule has 23 heavy (non-hydrogen) atoms. The van der Waals surface area contributed by atoms with Crippen molar-refractivity contribution in [3.8, 4) is 16.9 Å². The zero-order valence-corrected chi connectivity index (χ0v) is 14.3. The first-order valence-corrected chi connectivity index (χ1v) is 8.01. The topological polar surface area (TPSA) is 48.1 Å². The second kappa shape index (κ2) is 6.26. The molecule has 0 spiro atoms. The van der Waals surface area contributed by atoms with E-state index in [4.69, 9.17) is 33.7 Å². The summed E-state index contributed by atoms with van der Waals surface area (Å²) in [6.07, 6.45) is 1.64. The van der Waals surface area contributed by atoms with Crippen LogP contribution < -0.4 is 10.5 Å². The average Bonchev–Trinajstić information content (AvgIpc) is 2.48. The number of hydrogen-bond acceptors (Lipinski definition) is 3. The van der Waals surface area contributed by atoms with E-state index in [1.165, 1.54) is 0 Å². The molecule has 0 unspecified atom stereocenters. The number of aromatic nitrogens is 1. The number of para-hydroxylation sites is 1. The Bertz CT molecular complexity index is 858. The van der Waals surface area contributed by atoms with Crippen LogP contribution in [0.25, 0.3) is 22.0 Å². The van der Waals surface area contributed by atoms with Gasteiger partial charge in [0.05, 0.1) is 23.5 Å². The molecule has 0 aliphatic carbocycles. The summed E-state index contributed by atoms with van der Waals surface area (Å²) in [5, 5.41) is 2.03. The van der Waals surface area contributed by atoms with Crippen LogP contribution in [0.15, 0.2) is 42.6 Å². The van der Waals surface area contributed by atoms with Gasteiger partial charge in [-0.25, -0.2) is 0 Å². The second-order valence-corrected chi connectivity index (χ2v) is 6.44. The van der Waals surface area contributed by atoms with Gasteiger partial charge in [0.2, 0.25) is 0 Å². The number of nitrogens with zero attached hydrogens (tertiary/aromatic N) is 1. The molecule has 0 saturated carbocycles. The fourth-order valence-electron chi connectivity index (χ4n) is 2.52. The Labute approximate surface area is 145 Å². The minimum absolute atomic E-state index is 0.0205. The molecule has 0 aliphatic rings. The highest BCUT2D eigenvalue weighted by Crippen LogP contribution is 2.37. The number of rotatable bonds is 3. The van der Waals surface area contributed by atoms with Gasteiger partial charge in [0.15, 0.2) is 5.75 Å². The first-order chi connectivity index (χ1) is 11.0. The van der Waals surface area contributed by atoms with Crippen LogP contribution in [-0.2, 0) is 0 Å². The highest BCUT2D eigenvalue weighted by atomic mass is 35.5. The number of pyridine rings is 1. The molecule has 0 radical (unpaired) electrons. The third-order valence-electron chi connectivity index (χ3n) is 3.40. The number of ether oxygens (including phenoxy) is 1. The first-order valence-electron chi connectivity index (χ1n) is 7.26. The number of halogens is 2. The van der Waals surface area contributed by atoms with Gasteiger partial charge in [-0.15, -0.1) is 0 Å². The standard InChI is InChI=1S/C18H16Cl2N2O/c1-10(2)23-18-15-5-3-4-14(17(15)22-9-16(18)21)11-6-12(19)8-13(20)7-11/h3-10H,21H2,1-2H3. The third kappa shape index (κ3) is 3.21. The van der Waals surface area contributed by atoms with Gasteiger partial charge < -0.3 is 10.5 Å². The summed E-state index contributed by atoms with van der Waals surface area (Å²) >= 11 is 12.3. The Morgan fingerprint density at radius 1 is 1.09 bits per heavy atom. The van der Waals surface area contributed by atoms with Crippen LogP contribution in [0.4, 0.5) is 5.69 Å². The zero-order valence-electron chi connectivity index (χ0n) is 12.8. The molecule has 5 heteroatoms. The minimum Gasteiger partial charge on any atom is -0.488 e. The van der Waals surface area contributed by atoms with Crippen LogP contribution in [0.2, 0.25) is 10.0 Å². The summed E-state index contributed by atoms with van der Waals surface area (Å²) in [4.78, 5) is 4.49. The van der Waals surface area contributed by atoms with E-state index in [2.05, 4.69) is 4.98 Å². The molecular weight excluding hydrogens is 331 g/mol. The maximum Gasteiger partial charge on any atom is 0.153 e. The monoisotopic (exact) mass is 346 g/mol. The molecular formula is C18H16Cl2N2O. The van der Waals surface area contributed by atoms with Gasteiger partial charge in [-0.3, -0.25) is 4.98 Å². The summed E-state index contributed by atoms with van der Waals surface area (Å²) < 4.78 is 5.88. The van der Waals surface area contributed by atoms with Gasteiger partial charge >= 0.3 is 0 Å².